The third kappa shape index (κ3) is 9.64. The predicted molar refractivity (Wildman–Crippen MR) is 145 cm³/mol. The van der Waals surface area contributed by atoms with Gasteiger partial charge < -0.3 is 16.4 Å². The highest BCUT2D eigenvalue weighted by Gasteiger charge is 2.36. The Bertz CT molecular complexity index is 461. The second-order valence-corrected chi connectivity index (χ2v) is 10.8. The summed E-state index contributed by atoms with van der Waals surface area (Å²) >= 11 is 0. The van der Waals surface area contributed by atoms with Gasteiger partial charge in [0, 0.05) is 39.3 Å². The van der Waals surface area contributed by atoms with Crippen LogP contribution in [0.3, 0.4) is 0 Å². The highest BCUT2D eigenvalue weighted by molar-refractivity contribution is 4.88. The highest BCUT2D eigenvalue weighted by atomic mass is 15.4. The van der Waals surface area contributed by atoms with Crippen molar-refractivity contribution in [3.8, 4) is 0 Å². The number of unbranched alkanes of at least 4 members (excludes halogenated alkanes) is 3. The molecule has 3 saturated heterocycles. The van der Waals surface area contributed by atoms with Gasteiger partial charge in [0.15, 0.2) is 0 Å². The van der Waals surface area contributed by atoms with Crippen molar-refractivity contribution >= 4 is 0 Å². The summed E-state index contributed by atoms with van der Waals surface area (Å²) in [5, 5.41) is 7.15. The Morgan fingerprint density at radius 1 is 0.618 bits per heavy atom. The van der Waals surface area contributed by atoms with E-state index in [2.05, 4.69) is 37.2 Å². The van der Waals surface area contributed by atoms with E-state index in [9.17, 15) is 0 Å². The molecule has 7 heteroatoms. The molecule has 2 atom stereocenters. The number of hydrogen-bond acceptors (Lipinski definition) is 7. The van der Waals surface area contributed by atoms with Crippen LogP contribution in [-0.4, -0.2) is 117 Å². The van der Waals surface area contributed by atoms with E-state index in [1.165, 1.54) is 130 Å². The fraction of sp³-hybridized carbons (Fsp3) is 1.00. The molecule has 3 heterocycles. The van der Waals surface area contributed by atoms with Gasteiger partial charge in [-0.3, -0.25) is 19.6 Å². The molecule has 0 bridgehead atoms. The summed E-state index contributed by atoms with van der Waals surface area (Å²) in [5.74, 6) is 0. The van der Waals surface area contributed by atoms with E-state index in [-0.39, 0.29) is 0 Å². The van der Waals surface area contributed by atoms with Gasteiger partial charge in [0.05, 0.1) is 12.3 Å². The summed E-state index contributed by atoms with van der Waals surface area (Å²) in [4.78, 5) is 11.3. The first-order chi connectivity index (χ1) is 16.8. The highest BCUT2D eigenvalue weighted by Crippen LogP contribution is 2.26. The minimum Gasteiger partial charge on any atom is -0.330 e. The topological polar surface area (TPSA) is 63.0 Å². The molecule has 2 unspecified atom stereocenters. The number of nitrogens with zero attached hydrogens (tertiary/aromatic N) is 4. The molecule has 0 aliphatic carbocycles. The quantitative estimate of drug-likeness (QED) is 0.294. The molecule has 3 aliphatic heterocycles. The van der Waals surface area contributed by atoms with Crippen molar-refractivity contribution < 1.29 is 0 Å². The molecule has 3 rings (SSSR count). The van der Waals surface area contributed by atoms with E-state index in [0.29, 0.717) is 12.3 Å². The molecule has 3 fully saturated rings. The van der Waals surface area contributed by atoms with Gasteiger partial charge in [-0.2, -0.15) is 0 Å². The Balaban J connectivity index is 1.39. The summed E-state index contributed by atoms with van der Waals surface area (Å²) in [6.07, 6.45) is 15.6. The van der Waals surface area contributed by atoms with Crippen LogP contribution in [0.5, 0.6) is 0 Å². The van der Waals surface area contributed by atoms with Crippen LogP contribution in [0.1, 0.15) is 77.6 Å². The molecular weight excluding hydrogens is 422 g/mol. The molecular formula is C27H57N7. The van der Waals surface area contributed by atoms with Gasteiger partial charge in [-0.1, -0.05) is 13.3 Å². The van der Waals surface area contributed by atoms with Gasteiger partial charge in [0.2, 0.25) is 0 Å². The molecule has 0 aromatic rings. The van der Waals surface area contributed by atoms with Gasteiger partial charge in [-0.05, 0) is 110 Å². The number of nitrogens with two attached hydrogens (primary N) is 1. The lowest BCUT2D eigenvalue weighted by atomic mass is 10.0. The SMILES string of the molecule is CCCCNCCCCN1CCCN2CCC3N(CCCCNCCCN)CCCN3CCC12. The smallest absolute Gasteiger partial charge is 0.0634 e. The summed E-state index contributed by atoms with van der Waals surface area (Å²) in [5.41, 5.74) is 5.59. The van der Waals surface area contributed by atoms with Crippen molar-refractivity contribution in [2.24, 2.45) is 5.73 Å². The van der Waals surface area contributed by atoms with E-state index in [1.807, 2.05) is 0 Å². The second kappa shape index (κ2) is 17.2. The average molecular weight is 480 g/mol. The minimum atomic E-state index is 0.671. The molecule has 200 valence electrons. The molecule has 0 aromatic heterocycles. The lowest BCUT2D eigenvalue weighted by Gasteiger charge is -2.51. The molecule has 0 aromatic carbocycles. The van der Waals surface area contributed by atoms with E-state index in [4.69, 9.17) is 5.73 Å². The van der Waals surface area contributed by atoms with E-state index in [0.717, 1.165) is 26.1 Å². The molecule has 0 radical (unpaired) electrons. The number of hydrogen-bond donors (Lipinski definition) is 3. The Kier molecular flexibility index (Phi) is 14.3. The first kappa shape index (κ1) is 28.3. The van der Waals surface area contributed by atoms with Crippen LogP contribution >= 0.6 is 0 Å². The monoisotopic (exact) mass is 479 g/mol. The Hall–Kier alpha value is -0.280. The van der Waals surface area contributed by atoms with Crippen LogP contribution in [0.4, 0.5) is 0 Å². The third-order valence-electron chi connectivity index (χ3n) is 8.18. The van der Waals surface area contributed by atoms with Crippen molar-refractivity contribution in [2.75, 3.05) is 85.1 Å². The zero-order valence-electron chi connectivity index (χ0n) is 22.5. The van der Waals surface area contributed by atoms with Crippen LogP contribution in [-0.2, 0) is 0 Å². The maximum absolute atomic E-state index is 5.59. The van der Waals surface area contributed by atoms with E-state index < -0.39 is 0 Å². The third-order valence-corrected chi connectivity index (χ3v) is 8.18. The molecule has 0 saturated carbocycles. The number of rotatable bonds is 16. The molecule has 3 aliphatic rings. The first-order valence-corrected chi connectivity index (χ1v) is 14.9. The van der Waals surface area contributed by atoms with Crippen molar-refractivity contribution in [3.05, 3.63) is 0 Å². The van der Waals surface area contributed by atoms with E-state index >= 15 is 0 Å². The summed E-state index contributed by atoms with van der Waals surface area (Å²) in [6.45, 7) is 18.0. The Morgan fingerprint density at radius 3 is 1.62 bits per heavy atom. The van der Waals surface area contributed by atoms with Crippen molar-refractivity contribution in [3.63, 3.8) is 0 Å². The van der Waals surface area contributed by atoms with E-state index in [1.54, 1.807) is 0 Å². The lowest BCUT2D eigenvalue weighted by Crippen LogP contribution is -2.61. The first-order valence-electron chi connectivity index (χ1n) is 14.9. The number of nitrogens with one attached hydrogen (secondary N) is 2. The molecule has 4 N–H and O–H groups in total. The molecule has 34 heavy (non-hydrogen) atoms. The zero-order chi connectivity index (χ0) is 23.8. The summed E-state index contributed by atoms with van der Waals surface area (Å²) < 4.78 is 0. The standard InChI is InChI=1S/C27H57N7/c1-2-3-14-29-15-4-6-18-31-20-9-22-33-25-12-27-32(19-7-5-16-30-17-8-13-28)21-10-23-34(27)24-11-26(31)33/h26-27,29-30H,2-25,28H2,1H3. The molecule has 7 nitrogen and oxygen atoms in total. The maximum atomic E-state index is 5.59. The molecule has 0 spiro atoms. The van der Waals surface area contributed by atoms with Crippen LogP contribution < -0.4 is 16.4 Å². The van der Waals surface area contributed by atoms with Gasteiger partial charge in [-0.25, -0.2) is 0 Å². The van der Waals surface area contributed by atoms with Gasteiger partial charge >= 0.3 is 0 Å². The predicted octanol–water partition coefficient (Wildman–Crippen LogP) is 2.34. The Morgan fingerprint density at radius 2 is 1.12 bits per heavy atom. The van der Waals surface area contributed by atoms with Crippen LogP contribution in [0.2, 0.25) is 0 Å². The largest absolute Gasteiger partial charge is 0.330 e. The zero-order valence-corrected chi connectivity index (χ0v) is 22.5. The van der Waals surface area contributed by atoms with Gasteiger partial charge in [0.25, 0.3) is 0 Å². The normalized spacial score (nSPS) is 25.6. The lowest BCUT2D eigenvalue weighted by molar-refractivity contribution is -0.0660. The maximum Gasteiger partial charge on any atom is 0.0634 e. The number of fused-ring (bicyclic) bond motifs is 2. The van der Waals surface area contributed by atoms with Gasteiger partial charge in [0.1, 0.15) is 0 Å². The fourth-order valence-corrected chi connectivity index (χ4v) is 6.26. The van der Waals surface area contributed by atoms with Crippen LogP contribution in [0.15, 0.2) is 0 Å². The summed E-state index contributed by atoms with van der Waals surface area (Å²) in [6, 6.07) is 0. The van der Waals surface area contributed by atoms with Gasteiger partial charge in [-0.15, -0.1) is 0 Å². The van der Waals surface area contributed by atoms with Crippen molar-refractivity contribution in [1.82, 2.24) is 30.2 Å². The average Bonchev–Trinajstić information content (AvgIpc) is 2.84. The minimum absolute atomic E-state index is 0.671. The molecule has 0 amide bonds. The van der Waals surface area contributed by atoms with Crippen molar-refractivity contribution in [1.29, 1.82) is 0 Å². The fourth-order valence-electron chi connectivity index (χ4n) is 6.26. The summed E-state index contributed by atoms with van der Waals surface area (Å²) in [7, 11) is 0. The van der Waals surface area contributed by atoms with Crippen molar-refractivity contribution in [2.45, 2.75) is 89.9 Å². The second-order valence-electron chi connectivity index (χ2n) is 10.8. The van der Waals surface area contributed by atoms with Crippen LogP contribution in [0.25, 0.3) is 0 Å². The Labute approximate surface area is 211 Å². The van der Waals surface area contributed by atoms with Crippen LogP contribution in [0, 0.1) is 0 Å².